The van der Waals surface area contributed by atoms with E-state index in [1.165, 1.54) is 7.11 Å². The minimum atomic E-state index is -1.77. The van der Waals surface area contributed by atoms with E-state index < -0.39 is 8.32 Å². The van der Waals surface area contributed by atoms with Crippen molar-refractivity contribution >= 4 is 14.3 Å². The van der Waals surface area contributed by atoms with Crippen LogP contribution in [-0.4, -0.2) is 27.5 Å². The lowest BCUT2D eigenvalue weighted by molar-refractivity contribution is -0.136. The van der Waals surface area contributed by atoms with Gasteiger partial charge in [-0.1, -0.05) is 46.6 Å². The maximum atomic E-state index is 11.5. The van der Waals surface area contributed by atoms with Gasteiger partial charge in [0.25, 0.3) is 0 Å². The molecule has 0 amide bonds. The number of hydrogen-bond donors (Lipinski definition) is 0. The normalized spacial score (nSPS) is 15.0. The Hall–Kier alpha value is -0.613. The lowest BCUT2D eigenvalue weighted by Gasteiger charge is -2.39. The Balaban J connectivity index is 4.85. The van der Waals surface area contributed by atoms with Crippen LogP contribution in [0.25, 0.3) is 0 Å². The third-order valence-corrected chi connectivity index (χ3v) is 8.88. The van der Waals surface area contributed by atoms with E-state index in [4.69, 9.17) is 9.16 Å². The summed E-state index contributed by atoms with van der Waals surface area (Å²) in [5, 5.41) is 0.207. The third kappa shape index (κ3) is 7.27. The predicted molar refractivity (Wildman–Crippen MR) is 92.0 cm³/mol. The van der Waals surface area contributed by atoms with Crippen molar-refractivity contribution in [3.63, 3.8) is 0 Å². The molecular weight excluding hydrogens is 280 g/mol. The first-order valence-corrected chi connectivity index (χ1v) is 10.9. The number of unbranched alkanes of at least 4 members (excludes halogenated alkanes) is 1. The minimum absolute atomic E-state index is 0.199. The van der Waals surface area contributed by atoms with Gasteiger partial charge in [-0.2, -0.15) is 0 Å². The Morgan fingerprint density at radius 3 is 2.29 bits per heavy atom. The van der Waals surface area contributed by atoms with E-state index in [-0.39, 0.29) is 17.1 Å². The van der Waals surface area contributed by atoms with E-state index in [1.807, 2.05) is 6.08 Å². The average Bonchev–Trinajstić information content (AvgIpc) is 2.38. The number of esters is 1. The summed E-state index contributed by atoms with van der Waals surface area (Å²) in [6.45, 7) is 15.3. The van der Waals surface area contributed by atoms with E-state index in [0.29, 0.717) is 5.57 Å². The van der Waals surface area contributed by atoms with Gasteiger partial charge in [0, 0.05) is 11.7 Å². The summed E-state index contributed by atoms with van der Waals surface area (Å²) < 4.78 is 11.3. The third-order valence-electron chi connectivity index (χ3n) is 4.34. The number of methoxy groups -OCH3 is 1. The first kappa shape index (κ1) is 20.4. The standard InChI is InChI=1S/C17H34O3Si/c1-9-10-11-15(13-12-14(2)16(18)19-6)20-21(7,8)17(3,4)5/h12,15H,9-11,13H2,1-8H3/b14-12+. The van der Waals surface area contributed by atoms with Crippen LogP contribution in [0.5, 0.6) is 0 Å². The van der Waals surface area contributed by atoms with Gasteiger partial charge < -0.3 is 9.16 Å². The molecule has 21 heavy (non-hydrogen) atoms. The number of hydrogen-bond acceptors (Lipinski definition) is 3. The van der Waals surface area contributed by atoms with Gasteiger partial charge in [-0.3, -0.25) is 0 Å². The Morgan fingerprint density at radius 2 is 1.86 bits per heavy atom. The SMILES string of the molecule is CCCCC(C/C=C(\C)C(=O)OC)O[Si](C)(C)C(C)(C)C. The van der Waals surface area contributed by atoms with Crippen molar-refractivity contribution in [2.45, 2.75) is 84.5 Å². The summed E-state index contributed by atoms with van der Waals surface area (Å²) in [6.07, 6.45) is 6.31. The highest BCUT2D eigenvalue weighted by Gasteiger charge is 2.38. The van der Waals surface area contributed by atoms with E-state index in [2.05, 4.69) is 40.8 Å². The molecule has 124 valence electrons. The van der Waals surface area contributed by atoms with Gasteiger partial charge in [0.1, 0.15) is 0 Å². The van der Waals surface area contributed by atoms with E-state index in [9.17, 15) is 4.79 Å². The fourth-order valence-corrected chi connectivity index (χ4v) is 3.20. The molecule has 0 N–H and O–H groups in total. The first-order chi connectivity index (χ1) is 9.55. The summed E-state index contributed by atoms with van der Waals surface area (Å²) in [6, 6.07) is 0. The Bertz CT molecular complexity index is 354. The molecule has 0 saturated heterocycles. The molecule has 1 atom stereocenters. The molecule has 0 saturated carbocycles. The van der Waals surface area contributed by atoms with Gasteiger partial charge >= 0.3 is 5.97 Å². The maximum absolute atomic E-state index is 11.5. The van der Waals surface area contributed by atoms with Crippen LogP contribution in [-0.2, 0) is 14.0 Å². The fourth-order valence-electron chi connectivity index (χ4n) is 1.80. The van der Waals surface area contributed by atoms with Crippen molar-refractivity contribution in [3.05, 3.63) is 11.6 Å². The molecule has 0 aromatic heterocycles. The largest absolute Gasteiger partial charge is 0.466 e. The second-order valence-electron chi connectivity index (χ2n) is 7.26. The predicted octanol–water partition coefficient (Wildman–Crippen LogP) is 5.08. The summed E-state index contributed by atoms with van der Waals surface area (Å²) in [5.41, 5.74) is 0.665. The van der Waals surface area contributed by atoms with Gasteiger partial charge in [0.2, 0.25) is 0 Å². The van der Waals surface area contributed by atoms with E-state index >= 15 is 0 Å². The van der Waals surface area contributed by atoms with Crippen LogP contribution in [0.15, 0.2) is 11.6 Å². The average molecular weight is 315 g/mol. The minimum Gasteiger partial charge on any atom is -0.466 e. The summed E-state index contributed by atoms with van der Waals surface area (Å²) >= 11 is 0. The molecule has 0 aliphatic heterocycles. The highest BCUT2D eigenvalue weighted by Crippen LogP contribution is 2.38. The van der Waals surface area contributed by atoms with Crippen molar-refractivity contribution in [2.24, 2.45) is 0 Å². The number of rotatable bonds is 8. The van der Waals surface area contributed by atoms with Gasteiger partial charge in [-0.15, -0.1) is 0 Å². The van der Waals surface area contributed by atoms with Crippen molar-refractivity contribution in [1.29, 1.82) is 0 Å². The fraction of sp³-hybridized carbons (Fsp3) is 0.824. The second kappa shape index (κ2) is 8.74. The van der Waals surface area contributed by atoms with Crippen LogP contribution in [0.2, 0.25) is 18.1 Å². The van der Waals surface area contributed by atoms with Gasteiger partial charge in [-0.25, -0.2) is 4.79 Å². The highest BCUT2D eigenvalue weighted by molar-refractivity contribution is 6.74. The summed E-state index contributed by atoms with van der Waals surface area (Å²) in [7, 11) is -0.354. The zero-order chi connectivity index (χ0) is 16.7. The van der Waals surface area contributed by atoms with Crippen molar-refractivity contribution in [1.82, 2.24) is 0 Å². The molecule has 1 unspecified atom stereocenters. The Kier molecular flexibility index (Phi) is 8.48. The number of ether oxygens (including phenoxy) is 1. The van der Waals surface area contributed by atoms with Gasteiger partial charge in [0.15, 0.2) is 8.32 Å². The highest BCUT2D eigenvalue weighted by atomic mass is 28.4. The van der Waals surface area contributed by atoms with E-state index in [0.717, 1.165) is 25.7 Å². The molecule has 0 aromatic carbocycles. The Labute approximate surface area is 132 Å². The number of carbonyl (C=O) groups excluding carboxylic acids is 1. The molecule has 0 bridgehead atoms. The van der Waals surface area contributed by atoms with Crippen molar-refractivity contribution in [2.75, 3.05) is 7.11 Å². The van der Waals surface area contributed by atoms with Crippen LogP contribution in [0.4, 0.5) is 0 Å². The molecule has 0 rings (SSSR count). The number of carbonyl (C=O) groups is 1. The van der Waals surface area contributed by atoms with Gasteiger partial charge in [-0.05, 0) is 37.9 Å². The molecule has 0 aliphatic carbocycles. The van der Waals surface area contributed by atoms with Crippen molar-refractivity contribution < 1.29 is 14.0 Å². The first-order valence-electron chi connectivity index (χ1n) is 7.98. The van der Waals surface area contributed by atoms with Gasteiger partial charge in [0.05, 0.1) is 7.11 Å². The zero-order valence-electron chi connectivity index (χ0n) is 15.2. The molecule has 0 aliphatic rings. The smallest absolute Gasteiger partial charge is 0.333 e. The molecular formula is C17H34O3Si. The van der Waals surface area contributed by atoms with Crippen LogP contribution in [0.1, 0.15) is 60.3 Å². The van der Waals surface area contributed by atoms with Crippen LogP contribution in [0, 0.1) is 0 Å². The lowest BCUT2D eigenvalue weighted by Crippen LogP contribution is -2.43. The molecule has 4 heteroatoms. The Morgan fingerprint density at radius 1 is 1.29 bits per heavy atom. The molecule has 0 heterocycles. The van der Waals surface area contributed by atoms with Crippen LogP contribution < -0.4 is 0 Å². The quantitative estimate of drug-likeness (QED) is 0.356. The van der Waals surface area contributed by atoms with Crippen LogP contribution in [0.3, 0.4) is 0 Å². The summed E-state index contributed by atoms with van der Waals surface area (Å²) in [5.74, 6) is -0.253. The topological polar surface area (TPSA) is 35.5 Å². The zero-order valence-corrected chi connectivity index (χ0v) is 16.2. The van der Waals surface area contributed by atoms with Crippen molar-refractivity contribution in [3.8, 4) is 0 Å². The molecule has 0 spiro atoms. The molecule has 0 radical (unpaired) electrons. The second-order valence-corrected chi connectivity index (χ2v) is 12.0. The molecule has 3 nitrogen and oxygen atoms in total. The summed E-state index contributed by atoms with van der Waals surface area (Å²) in [4.78, 5) is 11.5. The van der Waals surface area contributed by atoms with E-state index in [1.54, 1.807) is 6.92 Å². The van der Waals surface area contributed by atoms with Crippen LogP contribution >= 0.6 is 0 Å². The monoisotopic (exact) mass is 314 g/mol. The lowest BCUT2D eigenvalue weighted by atomic mass is 10.1. The molecule has 0 fully saturated rings. The maximum Gasteiger partial charge on any atom is 0.333 e. The molecule has 0 aromatic rings.